The van der Waals surface area contributed by atoms with Gasteiger partial charge in [-0.15, -0.1) is 0 Å². The SMILES string of the molecule is CC1(C)CCC(CC2(C#N)CCC(C)(C)C2=O)O1. The van der Waals surface area contributed by atoms with Crippen LogP contribution in [0.5, 0.6) is 0 Å². The third kappa shape index (κ3) is 2.19. The van der Waals surface area contributed by atoms with Crippen LogP contribution in [0, 0.1) is 22.2 Å². The molecule has 0 aromatic carbocycles. The summed E-state index contributed by atoms with van der Waals surface area (Å²) < 4.78 is 5.95. The number of hydrogen-bond acceptors (Lipinski definition) is 3. The molecule has 0 spiro atoms. The van der Waals surface area contributed by atoms with Crippen LogP contribution in [0.15, 0.2) is 0 Å². The maximum atomic E-state index is 12.5. The van der Waals surface area contributed by atoms with Gasteiger partial charge in [0.2, 0.25) is 0 Å². The van der Waals surface area contributed by atoms with Crippen molar-refractivity contribution in [3.8, 4) is 6.07 Å². The van der Waals surface area contributed by atoms with Crippen LogP contribution < -0.4 is 0 Å². The number of nitrogens with zero attached hydrogens (tertiary/aromatic N) is 1. The van der Waals surface area contributed by atoms with Crippen molar-refractivity contribution in [2.45, 2.75) is 71.5 Å². The number of rotatable bonds is 2. The molecule has 2 atom stereocenters. The van der Waals surface area contributed by atoms with E-state index in [1.165, 1.54) is 0 Å². The zero-order valence-electron chi connectivity index (χ0n) is 11.9. The van der Waals surface area contributed by atoms with Crippen molar-refractivity contribution < 1.29 is 9.53 Å². The van der Waals surface area contributed by atoms with Crippen molar-refractivity contribution in [1.29, 1.82) is 5.26 Å². The Morgan fingerprint density at radius 3 is 2.33 bits per heavy atom. The van der Waals surface area contributed by atoms with Gasteiger partial charge in [0.25, 0.3) is 0 Å². The minimum absolute atomic E-state index is 0.0671. The van der Waals surface area contributed by atoms with Gasteiger partial charge in [-0.25, -0.2) is 0 Å². The fourth-order valence-electron chi connectivity index (χ4n) is 3.36. The quantitative estimate of drug-likeness (QED) is 0.755. The first-order chi connectivity index (χ1) is 8.21. The van der Waals surface area contributed by atoms with Crippen LogP contribution in [-0.4, -0.2) is 17.5 Å². The van der Waals surface area contributed by atoms with Crippen molar-refractivity contribution in [2.75, 3.05) is 0 Å². The maximum absolute atomic E-state index is 12.5. The van der Waals surface area contributed by atoms with Gasteiger partial charge in [0.15, 0.2) is 5.78 Å². The van der Waals surface area contributed by atoms with Gasteiger partial charge in [0.05, 0.1) is 17.8 Å². The van der Waals surface area contributed by atoms with Gasteiger partial charge in [0.1, 0.15) is 5.41 Å². The highest BCUT2D eigenvalue weighted by molar-refractivity contribution is 5.94. The van der Waals surface area contributed by atoms with E-state index in [1.54, 1.807) is 0 Å². The first-order valence-electron chi connectivity index (χ1n) is 6.85. The largest absolute Gasteiger partial charge is 0.372 e. The van der Waals surface area contributed by atoms with E-state index in [-0.39, 0.29) is 22.9 Å². The predicted molar refractivity (Wildman–Crippen MR) is 68.9 cm³/mol. The molecule has 3 nitrogen and oxygen atoms in total. The normalized spacial score (nSPS) is 37.7. The van der Waals surface area contributed by atoms with Gasteiger partial charge in [-0.2, -0.15) is 5.26 Å². The lowest BCUT2D eigenvalue weighted by Gasteiger charge is -2.26. The molecule has 0 N–H and O–H groups in total. The molecule has 3 heteroatoms. The molecule has 0 bridgehead atoms. The summed E-state index contributed by atoms with van der Waals surface area (Å²) in [5.41, 5.74) is -1.24. The van der Waals surface area contributed by atoms with Gasteiger partial charge in [-0.1, -0.05) is 13.8 Å². The van der Waals surface area contributed by atoms with Crippen molar-refractivity contribution >= 4 is 5.78 Å². The molecule has 0 amide bonds. The molecule has 2 aliphatic rings. The van der Waals surface area contributed by atoms with Crippen LogP contribution in [0.2, 0.25) is 0 Å². The Balaban J connectivity index is 2.12. The Bertz CT molecular complexity index is 405. The van der Waals surface area contributed by atoms with Crippen LogP contribution in [-0.2, 0) is 9.53 Å². The molecule has 18 heavy (non-hydrogen) atoms. The lowest BCUT2D eigenvalue weighted by molar-refractivity contribution is -0.132. The van der Waals surface area contributed by atoms with E-state index < -0.39 is 5.41 Å². The molecule has 2 unspecified atom stereocenters. The molecule has 0 aromatic rings. The van der Waals surface area contributed by atoms with Crippen LogP contribution in [0.3, 0.4) is 0 Å². The highest BCUT2D eigenvalue weighted by atomic mass is 16.5. The Hall–Kier alpha value is -0.880. The van der Waals surface area contributed by atoms with Crippen molar-refractivity contribution in [3.05, 3.63) is 0 Å². The molecular formula is C15H23NO2. The van der Waals surface area contributed by atoms with E-state index in [4.69, 9.17) is 4.74 Å². The summed E-state index contributed by atoms with van der Waals surface area (Å²) in [6.07, 6.45) is 4.12. The Morgan fingerprint density at radius 1 is 1.28 bits per heavy atom. The molecule has 0 radical (unpaired) electrons. The number of nitriles is 1. The van der Waals surface area contributed by atoms with Crippen LogP contribution in [0.4, 0.5) is 0 Å². The number of hydrogen-bond donors (Lipinski definition) is 0. The molecule has 2 fully saturated rings. The Kier molecular flexibility index (Phi) is 3.06. The van der Waals surface area contributed by atoms with E-state index in [1.807, 2.05) is 13.8 Å². The summed E-state index contributed by atoms with van der Waals surface area (Å²) in [5, 5.41) is 9.48. The van der Waals surface area contributed by atoms with Gasteiger partial charge in [0, 0.05) is 5.41 Å². The molecular weight excluding hydrogens is 226 g/mol. The summed E-state index contributed by atoms with van der Waals surface area (Å²) in [5.74, 6) is 0.116. The minimum atomic E-state index is -0.797. The van der Waals surface area contributed by atoms with Gasteiger partial charge < -0.3 is 4.74 Å². The highest BCUT2D eigenvalue weighted by Crippen LogP contribution is 2.49. The fraction of sp³-hybridized carbons (Fsp3) is 0.867. The predicted octanol–water partition coefficient (Wildman–Crippen LogP) is 3.23. The van der Waals surface area contributed by atoms with E-state index in [2.05, 4.69) is 19.9 Å². The lowest BCUT2D eigenvalue weighted by Crippen LogP contribution is -2.35. The number of Topliss-reactive ketones (excluding diaryl/α,β-unsaturated/α-hetero) is 1. The van der Waals surface area contributed by atoms with Crippen LogP contribution in [0.1, 0.15) is 59.8 Å². The second-order valence-corrected chi connectivity index (χ2v) is 7.15. The zero-order valence-corrected chi connectivity index (χ0v) is 11.9. The van der Waals surface area contributed by atoms with Crippen molar-refractivity contribution in [2.24, 2.45) is 10.8 Å². The second-order valence-electron chi connectivity index (χ2n) is 7.15. The van der Waals surface area contributed by atoms with Gasteiger partial charge in [-0.3, -0.25) is 4.79 Å². The molecule has 1 aliphatic carbocycles. The van der Waals surface area contributed by atoms with Crippen LogP contribution >= 0.6 is 0 Å². The zero-order chi connectivity index (χ0) is 13.6. The molecule has 1 saturated heterocycles. The maximum Gasteiger partial charge on any atom is 0.158 e. The van der Waals surface area contributed by atoms with E-state index >= 15 is 0 Å². The summed E-state index contributed by atoms with van der Waals surface area (Å²) in [6.45, 7) is 8.06. The summed E-state index contributed by atoms with van der Waals surface area (Å²) in [4.78, 5) is 12.5. The van der Waals surface area contributed by atoms with E-state index in [0.29, 0.717) is 12.8 Å². The van der Waals surface area contributed by atoms with Crippen LogP contribution in [0.25, 0.3) is 0 Å². The first kappa shape index (κ1) is 13.5. The molecule has 1 saturated carbocycles. The third-order valence-corrected chi connectivity index (χ3v) is 4.57. The third-order valence-electron chi connectivity index (χ3n) is 4.57. The number of ether oxygens (including phenoxy) is 1. The summed E-state index contributed by atoms with van der Waals surface area (Å²) in [7, 11) is 0. The molecule has 1 aliphatic heterocycles. The number of carbonyl (C=O) groups is 1. The minimum Gasteiger partial charge on any atom is -0.372 e. The standard InChI is InChI=1S/C15H23NO2/c1-13(2)7-8-15(10-16,12(13)17)9-11-5-6-14(3,4)18-11/h11H,5-9H2,1-4H3. The Morgan fingerprint density at radius 2 is 1.94 bits per heavy atom. The monoisotopic (exact) mass is 249 g/mol. The smallest absolute Gasteiger partial charge is 0.158 e. The van der Waals surface area contributed by atoms with Crippen molar-refractivity contribution in [3.63, 3.8) is 0 Å². The average molecular weight is 249 g/mol. The number of carbonyl (C=O) groups excluding carboxylic acids is 1. The van der Waals surface area contributed by atoms with E-state index in [9.17, 15) is 10.1 Å². The lowest BCUT2D eigenvalue weighted by atomic mass is 9.77. The summed E-state index contributed by atoms with van der Waals surface area (Å²) in [6, 6.07) is 2.31. The molecule has 1 heterocycles. The first-order valence-corrected chi connectivity index (χ1v) is 6.85. The molecule has 0 aromatic heterocycles. The fourth-order valence-corrected chi connectivity index (χ4v) is 3.36. The highest BCUT2D eigenvalue weighted by Gasteiger charge is 2.54. The average Bonchev–Trinajstić information content (AvgIpc) is 2.72. The molecule has 100 valence electrons. The topological polar surface area (TPSA) is 50.1 Å². The summed E-state index contributed by atoms with van der Waals surface area (Å²) >= 11 is 0. The van der Waals surface area contributed by atoms with E-state index in [0.717, 1.165) is 19.3 Å². The molecule has 2 rings (SSSR count). The number of ketones is 1. The van der Waals surface area contributed by atoms with Gasteiger partial charge in [-0.05, 0) is 46.0 Å². The van der Waals surface area contributed by atoms with Gasteiger partial charge >= 0.3 is 0 Å². The second kappa shape index (κ2) is 4.06. The Labute approximate surface area is 110 Å². The van der Waals surface area contributed by atoms with Crippen molar-refractivity contribution in [1.82, 2.24) is 0 Å².